The van der Waals surface area contributed by atoms with E-state index in [4.69, 9.17) is 9.84 Å². The Kier molecular flexibility index (Phi) is 8.27. The zero-order chi connectivity index (χ0) is 26.2. The fourth-order valence-electron chi connectivity index (χ4n) is 7.08. The number of thioether (sulfide) groups is 1. The highest BCUT2D eigenvalue weighted by atomic mass is 32.2. The monoisotopic (exact) mass is 510 g/mol. The van der Waals surface area contributed by atoms with E-state index in [0.29, 0.717) is 6.54 Å². The average molecular weight is 511 g/mol. The molecule has 0 aromatic rings. The third-order valence-corrected chi connectivity index (χ3v) is 9.79. The van der Waals surface area contributed by atoms with Crippen molar-refractivity contribution in [2.24, 2.45) is 17.3 Å². The number of esters is 1. The maximum absolute atomic E-state index is 14.0. The normalized spacial score (nSPS) is 32.2. The van der Waals surface area contributed by atoms with E-state index in [2.05, 4.69) is 33.0 Å². The molecule has 0 aromatic heterocycles. The van der Waals surface area contributed by atoms with Gasteiger partial charge in [0.15, 0.2) is 0 Å². The highest BCUT2D eigenvalue weighted by Crippen LogP contribution is 2.71. The number of fused-ring (bicyclic) bond motifs is 1. The Morgan fingerprint density at radius 3 is 2.40 bits per heavy atom. The fraction of sp³-hybridized carbons (Fsp3) is 0.889. The molecule has 5 atom stereocenters. The van der Waals surface area contributed by atoms with Crippen molar-refractivity contribution < 1.29 is 24.2 Å². The van der Waals surface area contributed by atoms with Crippen LogP contribution in [0.15, 0.2) is 0 Å². The molecule has 200 valence electrons. The lowest BCUT2D eigenvalue weighted by molar-refractivity contribution is -0.155. The molecule has 0 radical (unpaired) electrons. The molecule has 35 heavy (non-hydrogen) atoms. The third kappa shape index (κ3) is 5.53. The van der Waals surface area contributed by atoms with Gasteiger partial charge in [0.25, 0.3) is 0 Å². The van der Waals surface area contributed by atoms with Gasteiger partial charge < -0.3 is 20.1 Å². The molecule has 0 aromatic carbocycles. The smallest absolute Gasteiger partial charge is 0.311 e. The van der Waals surface area contributed by atoms with Crippen LogP contribution in [-0.4, -0.2) is 68.6 Å². The second-order valence-electron chi connectivity index (χ2n) is 12.8. The molecule has 3 aliphatic rings. The van der Waals surface area contributed by atoms with Crippen LogP contribution in [0.3, 0.4) is 0 Å². The van der Waals surface area contributed by atoms with Crippen LogP contribution in [-0.2, 0) is 19.1 Å². The number of ether oxygens (including phenoxy) is 1. The third-order valence-electron chi connectivity index (χ3n) is 7.81. The molecule has 2 unspecified atom stereocenters. The number of amides is 2. The maximum atomic E-state index is 14.0. The molecule has 3 rings (SSSR count). The van der Waals surface area contributed by atoms with Crippen molar-refractivity contribution >= 4 is 29.5 Å². The van der Waals surface area contributed by atoms with Crippen LogP contribution in [0, 0.1) is 17.3 Å². The lowest BCUT2D eigenvalue weighted by Gasteiger charge is -2.38. The summed E-state index contributed by atoms with van der Waals surface area (Å²) in [6.07, 6.45) is 5.64. The molecule has 0 saturated carbocycles. The van der Waals surface area contributed by atoms with E-state index in [0.717, 1.165) is 44.9 Å². The number of carbonyl (C=O) groups is 3. The van der Waals surface area contributed by atoms with Crippen molar-refractivity contribution in [1.82, 2.24) is 10.2 Å². The van der Waals surface area contributed by atoms with Gasteiger partial charge >= 0.3 is 5.97 Å². The Hall–Kier alpha value is -1.28. The molecule has 0 aliphatic carbocycles. The number of likely N-dealkylation sites (tertiary alicyclic amines) is 1. The number of hydrogen-bond donors (Lipinski definition) is 2. The first-order chi connectivity index (χ1) is 16.2. The van der Waals surface area contributed by atoms with E-state index in [1.807, 2.05) is 13.8 Å². The molecule has 1 spiro atoms. The number of hydrogen-bond acceptors (Lipinski definition) is 6. The van der Waals surface area contributed by atoms with Crippen molar-refractivity contribution in [2.75, 3.05) is 19.8 Å². The van der Waals surface area contributed by atoms with E-state index < -0.39 is 28.2 Å². The molecule has 2 bridgehead atoms. The van der Waals surface area contributed by atoms with Crippen molar-refractivity contribution in [3.05, 3.63) is 0 Å². The van der Waals surface area contributed by atoms with Gasteiger partial charge in [0.2, 0.25) is 11.8 Å². The standard InChI is InChI=1S/C27H46N2O5S/c1-8-34-23(33)19-18-22(32)29(15-11-9-10-12-16-30)20(27(18)14-13-26(19,7)35-27)21(31)28-25(5,6)17-24(2,3)4/h18-20,30H,8-17H2,1-7H3,(H,28,31)/t18-,19-,20?,26+,27?/m0/s1. The number of aliphatic hydroxyl groups is 1. The number of carbonyl (C=O) groups excluding carboxylic acids is 3. The molecule has 8 heteroatoms. The molecule has 3 aliphatic heterocycles. The van der Waals surface area contributed by atoms with Crippen LogP contribution in [0.1, 0.15) is 93.4 Å². The second-order valence-corrected chi connectivity index (χ2v) is 14.7. The molecular weight excluding hydrogens is 464 g/mol. The van der Waals surface area contributed by atoms with E-state index in [1.165, 1.54) is 0 Å². The van der Waals surface area contributed by atoms with Gasteiger partial charge in [0, 0.05) is 23.4 Å². The first-order valence-corrected chi connectivity index (χ1v) is 14.1. The summed E-state index contributed by atoms with van der Waals surface area (Å²) >= 11 is 1.69. The minimum atomic E-state index is -0.601. The Labute approximate surface area is 215 Å². The average Bonchev–Trinajstić information content (AvgIpc) is 3.27. The summed E-state index contributed by atoms with van der Waals surface area (Å²) in [5.41, 5.74) is -0.385. The van der Waals surface area contributed by atoms with E-state index in [1.54, 1.807) is 23.6 Å². The Morgan fingerprint density at radius 1 is 1.14 bits per heavy atom. The zero-order valence-electron chi connectivity index (χ0n) is 22.7. The van der Waals surface area contributed by atoms with Gasteiger partial charge in [-0.2, -0.15) is 0 Å². The van der Waals surface area contributed by atoms with Crippen molar-refractivity contribution in [2.45, 2.75) is 114 Å². The second kappa shape index (κ2) is 10.2. The molecular formula is C27H46N2O5S. The van der Waals surface area contributed by atoms with Crippen LogP contribution < -0.4 is 5.32 Å². The predicted octanol–water partition coefficient (Wildman–Crippen LogP) is 3.91. The summed E-state index contributed by atoms with van der Waals surface area (Å²) in [6, 6.07) is -0.594. The van der Waals surface area contributed by atoms with Gasteiger partial charge in [-0.3, -0.25) is 14.4 Å². The molecule has 3 fully saturated rings. The van der Waals surface area contributed by atoms with Crippen LogP contribution in [0.2, 0.25) is 0 Å². The molecule has 3 heterocycles. The van der Waals surface area contributed by atoms with E-state index >= 15 is 0 Å². The van der Waals surface area contributed by atoms with Gasteiger partial charge in [-0.05, 0) is 65.2 Å². The first-order valence-electron chi connectivity index (χ1n) is 13.3. The van der Waals surface area contributed by atoms with Crippen molar-refractivity contribution in [1.29, 1.82) is 0 Å². The quantitative estimate of drug-likeness (QED) is 0.323. The lowest BCUT2D eigenvalue weighted by atomic mass is 9.66. The van der Waals surface area contributed by atoms with E-state index in [-0.39, 0.29) is 41.2 Å². The fourth-order valence-corrected chi connectivity index (χ4v) is 9.42. The minimum Gasteiger partial charge on any atom is -0.466 e. The molecule has 2 N–H and O–H groups in total. The van der Waals surface area contributed by atoms with E-state index in [9.17, 15) is 14.4 Å². The number of rotatable bonds is 11. The summed E-state index contributed by atoms with van der Waals surface area (Å²) in [7, 11) is 0. The molecule has 2 amide bonds. The van der Waals surface area contributed by atoms with Crippen LogP contribution in [0.25, 0.3) is 0 Å². The van der Waals surface area contributed by atoms with Crippen LogP contribution in [0.4, 0.5) is 0 Å². The first kappa shape index (κ1) is 28.3. The van der Waals surface area contributed by atoms with Gasteiger partial charge in [-0.25, -0.2) is 0 Å². The number of nitrogens with zero attached hydrogens (tertiary/aromatic N) is 1. The topological polar surface area (TPSA) is 95.9 Å². The van der Waals surface area contributed by atoms with Crippen LogP contribution in [0.5, 0.6) is 0 Å². The highest BCUT2D eigenvalue weighted by molar-refractivity contribution is 8.02. The van der Waals surface area contributed by atoms with Gasteiger partial charge in [-0.15, -0.1) is 11.8 Å². The summed E-state index contributed by atoms with van der Waals surface area (Å²) < 4.78 is 4.45. The Bertz CT molecular complexity index is 825. The number of unbranched alkanes of at least 4 members (excludes halogenated alkanes) is 3. The summed E-state index contributed by atoms with van der Waals surface area (Å²) in [6.45, 7) is 15.4. The SMILES string of the molecule is CCOC(=O)[C@@H]1[C@H]2C(=O)N(CCCCCCO)C(C(=O)NC(C)(C)CC(C)(C)C)C23CC[C@@]1(C)S3. The summed E-state index contributed by atoms with van der Waals surface area (Å²) in [4.78, 5) is 42.8. The highest BCUT2D eigenvalue weighted by Gasteiger charge is 2.77. The maximum Gasteiger partial charge on any atom is 0.311 e. The van der Waals surface area contributed by atoms with Crippen molar-refractivity contribution in [3.63, 3.8) is 0 Å². The van der Waals surface area contributed by atoms with Crippen molar-refractivity contribution in [3.8, 4) is 0 Å². The predicted molar refractivity (Wildman–Crippen MR) is 139 cm³/mol. The minimum absolute atomic E-state index is 0.0402. The molecule has 3 saturated heterocycles. The number of aliphatic hydroxyl groups excluding tert-OH is 1. The lowest BCUT2D eigenvalue weighted by Crippen LogP contribution is -2.58. The van der Waals surface area contributed by atoms with Crippen LogP contribution >= 0.6 is 11.8 Å². The van der Waals surface area contributed by atoms with Gasteiger partial charge in [0.1, 0.15) is 6.04 Å². The molecule has 7 nitrogen and oxygen atoms in total. The van der Waals surface area contributed by atoms with Gasteiger partial charge in [-0.1, -0.05) is 33.6 Å². The summed E-state index contributed by atoms with van der Waals surface area (Å²) in [5, 5.41) is 12.4. The van der Waals surface area contributed by atoms with Gasteiger partial charge in [0.05, 0.1) is 23.2 Å². The Morgan fingerprint density at radius 2 is 1.80 bits per heavy atom. The summed E-state index contributed by atoms with van der Waals surface area (Å²) in [5.74, 6) is -1.53. The largest absolute Gasteiger partial charge is 0.466 e. The Balaban J connectivity index is 1.92. The zero-order valence-corrected chi connectivity index (χ0v) is 23.6. The number of nitrogens with one attached hydrogen (secondary N) is 1.